The summed E-state index contributed by atoms with van der Waals surface area (Å²) in [6, 6.07) is 15.5. The molecule has 1 N–H and O–H groups in total. The molecule has 4 aromatic rings. The monoisotopic (exact) mass is 640 g/mol. The number of hydrogen-bond donors (Lipinski definition) is 1. The number of halogens is 2. The summed E-state index contributed by atoms with van der Waals surface area (Å²) in [5.74, 6) is 0.650. The first-order chi connectivity index (χ1) is 21.1. The maximum atomic E-state index is 14.8. The Bertz CT molecular complexity index is 1840. The van der Waals surface area contributed by atoms with Gasteiger partial charge in [0.1, 0.15) is 11.6 Å². The van der Waals surface area contributed by atoms with Crippen molar-refractivity contribution in [3.05, 3.63) is 82.4 Å². The van der Waals surface area contributed by atoms with Gasteiger partial charge in [0.05, 0.1) is 40.7 Å². The fourth-order valence-electron chi connectivity index (χ4n) is 6.44. The van der Waals surface area contributed by atoms with E-state index >= 15 is 0 Å². The molecule has 2 atom stereocenters. The molecule has 2 fully saturated rings. The summed E-state index contributed by atoms with van der Waals surface area (Å²) < 4.78 is 62.5. The van der Waals surface area contributed by atoms with Crippen molar-refractivity contribution in [2.45, 2.75) is 62.0 Å². The third kappa shape index (κ3) is 5.34. The molecule has 44 heavy (non-hydrogen) atoms. The number of benzene rings is 3. The average Bonchev–Trinajstić information content (AvgIpc) is 3.51. The fraction of sp³-hybridized carbons (Fsp3) is 0.406. The molecule has 3 aromatic carbocycles. The minimum Gasteiger partial charge on any atom is -0.444 e. The minimum atomic E-state index is -3.58. The molecule has 2 unspecified atom stereocenters. The highest BCUT2D eigenvalue weighted by Gasteiger charge is 2.43. The molecule has 9 nitrogen and oxygen atoms in total. The maximum absolute atomic E-state index is 14.8. The van der Waals surface area contributed by atoms with Gasteiger partial charge >= 0.3 is 0 Å². The molecular formula is C32H34ClFN4O5S. The van der Waals surface area contributed by atoms with Gasteiger partial charge in [-0.3, -0.25) is 4.90 Å². The standard InChI is InChI=1S/C32H34ClFN4O5S/c1-32(25-8-6-21(33)16-26(25)34)42-29-5-3-4-24(31(29)43-32)20-10-13-37(14-11-20)19-30-36-27-17-23(44(39,40)35-2)7-9-28(27)38(30)18-22-12-15-41-22/h3-9,16-17,20,22,35H,10-15,18-19H2,1-2H3. The highest BCUT2D eigenvalue weighted by Crippen LogP contribution is 2.50. The van der Waals surface area contributed by atoms with Gasteiger partial charge in [0.15, 0.2) is 11.5 Å². The van der Waals surface area contributed by atoms with Crippen molar-refractivity contribution in [2.24, 2.45) is 0 Å². The van der Waals surface area contributed by atoms with Crippen molar-refractivity contribution >= 4 is 32.7 Å². The van der Waals surface area contributed by atoms with Gasteiger partial charge in [-0.15, -0.1) is 0 Å². The number of imidazole rings is 1. The molecule has 232 valence electrons. The molecule has 12 heteroatoms. The van der Waals surface area contributed by atoms with E-state index < -0.39 is 21.6 Å². The number of sulfonamides is 1. The molecule has 3 aliphatic rings. The van der Waals surface area contributed by atoms with Crippen LogP contribution in [0.1, 0.15) is 49.1 Å². The summed E-state index contributed by atoms with van der Waals surface area (Å²) in [7, 11) is -2.17. The van der Waals surface area contributed by atoms with E-state index in [4.69, 9.17) is 30.8 Å². The zero-order chi connectivity index (χ0) is 30.6. The van der Waals surface area contributed by atoms with Gasteiger partial charge < -0.3 is 18.8 Å². The lowest BCUT2D eigenvalue weighted by molar-refractivity contribution is -0.0712. The molecule has 4 heterocycles. The van der Waals surface area contributed by atoms with Crippen LogP contribution in [0.15, 0.2) is 59.5 Å². The van der Waals surface area contributed by atoms with E-state index in [9.17, 15) is 12.8 Å². The van der Waals surface area contributed by atoms with E-state index in [1.54, 1.807) is 31.2 Å². The largest absolute Gasteiger partial charge is 0.444 e. The Labute approximate surface area is 260 Å². The highest BCUT2D eigenvalue weighted by molar-refractivity contribution is 7.89. The van der Waals surface area contributed by atoms with Crippen LogP contribution >= 0.6 is 11.6 Å². The third-order valence-electron chi connectivity index (χ3n) is 8.98. The van der Waals surface area contributed by atoms with Crippen molar-refractivity contribution < 1.29 is 27.0 Å². The number of likely N-dealkylation sites (tertiary alicyclic amines) is 1. The Morgan fingerprint density at radius 2 is 1.89 bits per heavy atom. The molecule has 0 bridgehead atoms. The van der Waals surface area contributed by atoms with Crippen LogP contribution in [0.3, 0.4) is 0 Å². The molecule has 3 aliphatic heterocycles. The van der Waals surface area contributed by atoms with Gasteiger partial charge in [0, 0.05) is 24.1 Å². The minimum absolute atomic E-state index is 0.132. The summed E-state index contributed by atoms with van der Waals surface area (Å²) in [4.78, 5) is 7.49. The van der Waals surface area contributed by atoms with E-state index in [1.807, 2.05) is 18.2 Å². The molecule has 1 aromatic heterocycles. The summed E-state index contributed by atoms with van der Waals surface area (Å²) >= 11 is 5.98. The van der Waals surface area contributed by atoms with E-state index in [2.05, 4.69) is 20.3 Å². The number of rotatable bonds is 8. The van der Waals surface area contributed by atoms with Crippen molar-refractivity contribution in [3.63, 3.8) is 0 Å². The van der Waals surface area contributed by atoms with Crippen LogP contribution in [0, 0.1) is 5.82 Å². The highest BCUT2D eigenvalue weighted by atomic mass is 35.5. The molecule has 0 radical (unpaired) electrons. The van der Waals surface area contributed by atoms with E-state index in [0.29, 0.717) is 40.7 Å². The lowest BCUT2D eigenvalue weighted by atomic mass is 9.88. The van der Waals surface area contributed by atoms with Gasteiger partial charge in [-0.05, 0) is 87.8 Å². The zero-order valence-corrected chi connectivity index (χ0v) is 26.1. The van der Waals surface area contributed by atoms with Crippen LogP contribution in [0.2, 0.25) is 5.02 Å². The number of piperidine rings is 1. The van der Waals surface area contributed by atoms with Gasteiger partial charge in [0.25, 0.3) is 5.79 Å². The predicted molar refractivity (Wildman–Crippen MR) is 164 cm³/mol. The first kappa shape index (κ1) is 29.5. The third-order valence-corrected chi connectivity index (χ3v) is 10.6. The fourth-order valence-corrected chi connectivity index (χ4v) is 7.35. The number of nitrogens with one attached hydrogen (secondary N) is 1. The Morgan fingerprint density at radius 3 is 2.59 bits per heavy atom. The summed E-state index contributed by atoms with van der Waals surface area (Å²) in [6.07, 6.45) is 2.94. The number of fused-ring (bicyclic) bond motifs is 2. The van der Waals surface area contributed by atoms with E-state index in [-0.39, 0.29) is 16.9 Å². The summed E-state index contributed by atoms with van der Waals surface area (Å²) in [6.45, 7) is 5.51. The Kier molecular flexibility index (Phi) is 7.57. The summed E-state index contributed by atoms with van der Waals surface area (Å²) in [5, 5.41) is 0.316. The molecule has 2 saturated heterocycles. The van der Waals surface area contributed by atoms with Crippen LogP contribution < -0.4 is 14.2 Å². The molecule has 0 spiro atoms. The lowest BCUT2D eigenvalue weighted by Crippen LogP contribution is -2.35. The van der Waals surface area contributed by atoms with Crippen molar-refractivity contribution in [3.8, 4) is 11.5 Å². The molecule has 0 amide bonds. The first-order valence-electron chi connectivity index (χ1n) is 14.9. The smallest absolute Gasteiger partial charge is 0.278 e. The van der Waals surface area contributed by atoms with Gasteiger partial charge in [-0.25, -0.2) is 22.5 Å². The number of aromatic nitrogens is 2. The quantitative estimate of drug-likeness (QED) is 0.270. The number of para-hydroxylation sites is 1. The second-order valence-corrected chi connectivity index (χ2v) is 14.1. The van der Waals surface area contributed by atoms with Crippen LogP contribution in [0.4, 0.5) is 4.39 Å². The maximum Gasteiger partial charge on any atom is 0.278 e. The second-order valence-electron chi connectivity index (χ2n) is 11.8. The van der Waals surface area contributed by atoms with Crippen LogP contribution in [-0.4, -0.2) is 55.7 Å². The Morgan fingerprint density at radius 1 is 1.09 bits per heavy atom. The van der Waals surface area contributed by atoms with E-state index in [1.165, 1.54) is 13.1 Å². The van der Waals surface area contributed by atoms with Crippen LogP contribution in [0.25, 0.3) is 11.0 Å². The van der Waals surface area contributed by atoms with Crippen LogP contribution in [-0.2, 0) is 33.6 Å². The van der Waals surface area contributed by atoms with Crippen LogP contribution in [0.5, 0.6) is 11.5 Å². The van der Waals surface area contributed by atoms with Gasteiger partial charge in [-0.1, -0.05) is 23.7 Å². The Hall–Kier alpha value is -3.22. The van der Waals surface area contributed by atoms with Gasteiger partial charge in [-0.2, -0.15) is 0 Å². The molecule has 7 rings (SSSR count). The molecular weight excluding hydrogens is 607 g/mol. The SMILES string of the molecule is CNS(=O)(=O)c1ccc2c(c1)nc(CN1CCC(c3cccc4c3OC(C)(c3ccc(Cl)cc3F)O4)CC1)n2CC1CCO1. The first-order valence-corrected chi connectivity index (χ1v) is 16.7. The predicted octanol–water partition coefficient (Wildman–Crippen LogP) is 5.55. The summed E-state index contributed by atoms with van der Waals surface area (Å²) in [5.41, 5.74) is 2.91. The number of hydrogen-bond acceptors (Lipinski definition) is 7. The second kappa shape index (κ2) is 11.3. The average molecular weight is 641 g/mol. The zero-order valence-electron chi connectivity index (χ0n) is 24.6. The normalized spacial score (nSPS) is 22.4. The topological polar surface area (TPSA) is 94.9 Å². The Balaban J connectivity index is 1.09. The molecule has 0 saturated carbocycles. The lowest BCUT2D eigenvalue weighted by Gasteiger charge is -2.33. The number of ether oxygens (including phenoxy) is 3. The van der Waals surface area contributed by atoms with Gasteiger partial charge in [0.2, 0.25) is 10.0 Å². The molecule has 0 aliphatic carbocycles. The van der Waals surface area contributed by atoms with Crippen molar-refractivity contribution in [1.82, 2.24) is 19.2 Å². The van der Waals surface area contributed by atoms with E-state index in [0.717, 1.165) is 55.9 Å². The van der Waals surface area contributed by atoms with Crippen molar-refractivity contribution in [2.75, 3.05) is 26.7 Å². The van der Waals surface area contributed by atoms with Crippen molar-refractivity contribution in [1.29, 1.82) is 0 Å². The number of nitrogens with zero attached hydrogens (tertiary/aromatic N) is 3.